The van der Waals surface area contributed by atoms with Crippen LogP contribution in [0.15, 0.2) is 0 Å². The fourth-order valence-electron chi connectivity index (χ4n) is 1.88. The number of morpholine rings is 1. The first-order valence-corrected chi connectivity index (χ1v) is 6.04. The van der Waals surface area contributed by atoms with E-state index in [0.717, 1.165) is 12.3 Å². The third kappa shape index (κ3) is 3.59. The van der Waals surface area contributed by atoms with E-state index in [2.05, 4.69) is 5.32 Å². The molecule has 0 bridgehead atoms. The number of carbonyl (C=O) groups is 2. The number of carboxylic acids is 1. The van der Waals surface area contributed by atoms with Crippen LogP contribution in [0.3, 0.4) is 0 Å². The van der Waals surface area contributed by atoms with Gasteiger partial charge in [-0.1, -0.05) is 12.8 Å². The lowest BCUT2D eigenvalue weighted by molar-refractivity contribution is -0.154. The third-order valence-corrected chi connectivity index (χ3v) is 3.15. The number of ether oxygens (including phenoxy) is 1. The minimum absolute atomic E-state index is 0.130. The van der Waals surface area contributed by atoms with Crippen molar-refractivity contribution in [2.45, 2.75) is 25.4 Å². The van der Waals surface area contributed by atoms with Crippen LogP contribution in [-0.2, 0) is 9.53 Å². The van der Waals surface area contributed by atoms with E-state index in [1.54, 1.807) is 0 Å². The third-order valence-electron chi connectivity index (χ3n) is 3.15. The van der Waals surface area contributed by atoms with E-state index in [1.807, 2.05) is 0 Å². The summed E-state index contributed by atoms with van der Waals surface area (Å²) in [6, 6.07) is -0.180. The van der Waals surface area contributed by atoms with Crippen molar-refractivity contribution < 1.29 is 19.4 Å². The van der Waals surface area contributed by atoms with E-state index in [9.17, 15) is 9.59 Å². The zero-order valence-corrected chi connectivity index (χ0v) is 9.72. The summed E-state index contributed by atoms with van der Waals surface area (Å²) < 4.78 is 5.05. The van der Waals surface area contributed by atoms with E-state index in [0.29, 0.717) is 13.1 Å². The monoisotopic (exact) mass is 242 g/mol. The maximum absolute atomic E-state index is 11.7. The summed E-state index contributed by atoms with van der Waals surface area (Å²) >= 11 is 0. The predicted octanol–water partition coefficient (Wildman–Crippen LogP) is 0.281. The van der Waals surface area contributed by atoms with Gasteiger partial charge in [-0.25, -0.2) is 9.59 Å². The first-order valence-electron chi connectivity index (χ1n) is 6.04. The number of nitrogens with zero attached hydrogens (tertiary/aromatic N) is 1. The number of nitrogens with one attached hydrogen (secondary N) is 1. The summed E-state index contributed by atoms with van der Waals surface area (Å²) in [5, 5.41) is 11.6. The van der Waals surface area contributed by atoms with E-state index in [1.165, 1.54) is 17.7 Å². The Labute approximate surface area is 99.9 Å². The lowest BCUT2D eigenvalue weighted by Gasteiger charge is -2.30. The summed E-state index contributed by atoms with van der Waals surface area (Å²) in [6.07, 6.45) is 2.68. The smallest absolute Gasteiger partial charge is 0.334 e. The minimum Gasteiger partial charge on any atom is -0.479 e. The van der Waals surface area contributed by atoms with Gasteiger partial charge in [-0.05, 0) is 12.3 Å². The van der Waals surface area contributed by atoms with Crippen molar-refractivity contribution >= 4 is 12.0 Å². The number of carboxylic acid groups (broad SMARTS) is 1. The largest absolute Gasteiger partial charge is 0.479 e. The molecule has 2 rings (SSSR count). The van der Waals surface area contributed by atoms with Crippen LogP contribution < -0.4 is 5.32 Å². The van der Waals surface area contributed by atoms with Crippen molar-refractivity contribution in [3.05, 3.63) is 0 Å². The molecule has 0 aromatic heterocycles. The first-order chi connectivity index (χ1) is 8.16. The van der Waals surface area contributed by atoms with Gasteiger partial charge < -0.3 is 20.1 Å². The van der Waals surface area contributed by atoms with Crippen molar-refractivity contribution in [2.75, 3.05) is 26.2 Å². The summed E-state index contributed by atoms with van der Waals surface area (Å²) in [5.74, 6) is -0.229. The molecule has 2 fully saturated rings. The molecule has 1 atom stereocenters. The molecule has 17 heavy (non-hydrogen) atoms. The summed E-state index contributed by atoms with van der Waals surface area (Å²) in [5.41, 5.74) is 0. The number of hydrogen-bond donors (Lipinski definition) is 2. The van der Waals surface area contributed by atoms with Crippen molar-refractivity contribution in [2.24, 2.45) is 5.92 Å². The lowest BCUT2D eigenvalue weighted by Crippen LogP contribution is -2.51. The second kappa shape index (κ2) is 5.35. The Bertz CT molecular complexity index is 304. The molecule has 1 heterocycles. The van der Waals surface area contributed by atoms with Gasteiger partial charge in [0, 0.05) is 13.1 Å². The van der Waals surface area contributed by atoms with Crippen molar-refractivity contribution in [3.8, 4) is 0 Å². The van der Waals surface area contributed by atoms with E-state index in [4.69, 9.17) is 9.84 Å². The fourth-order valence-corrected chi connectivity index (χ4v) is 1.88. The van der Waals surface area contributed by atoms with Gasteiger partial charge >= 0.3 is 12.0 Å². The molecule has 1 aliphatic heterocycles. The average Bonchev–Trinajstić information content (AvgIpc) is 3.13. The van der Waals surface area contributed by atoms with Gasteiger partial charge in [0.2, 0.25) is 0 Å². The maximum Gasteiger partial charge on any atom is 0.334 e. The lowest BCUT2D eigenvalue weighted by atomic mass is 10.3. The topological polar surface area (TPSA) is 78.9 Å². The first kappa shape index (κ1) is 12.2. The Hall–Kier alpha value is -1.30. The summed E-state index contributed by atoms with van der Waals surface area (Å²) in [7, 11) is 0. The molecular formula is C11H18N2O4. The maximum atomic E-state index is 11.7. The van der Waals surface area contributed by atoms with Gasteiger partial charge in [-0.2, -0.15) is 0 Å². The predicted molar refractivity (Wildman–Crippen MR) is 59.7 cm³/mol. The van der Waals surface area contributed by atoms with Gasteiger partial charge in [0.25, 0.3) is 0 Å². The number of urea groups is 1. The molecule has 96 valence electrons. The summed E-state index contributed by atoms with van der Waals surface area (Å²) in [6.45, 7) is 1.55. The SMILES string of the molecule is O=C(O)C1CN(C(=O)NCCC2CC2)CCO1. The number of rotatable bonds is 4. The van der Waals surface area contributed by atoms with Crippen molar-refractivity contribution in [1.29, 1.82) is 0 Å². The quantitative estimate of drug-likeness (QED) is 0.742. The number of aliphatic carboxylic acids is 1. The fraction of sp³-hybridized carbons (Fsp3) is 0.818. The number of hydrogen-bond acceptors (Lipinski definition) is 3. The van der Waals surface area contributed by atoms with Gasteiger partial charge in [-0.15, -0.1) is 0 Å². The molecule has 1 saturated carbocycles. The second-order valence-electron chi connectivity index (χ2n) is 4.61. The van der Waals surface area contributed by atoms with Gasteiger partial charge in [0.15, 0.2) is 6.10 Å². The minimum atomic E-state index is -1.01. The molecular weight excluding hydrogens is 224 g/mol. The summed E-state index contributed by atoms with van der Waals surface area (Å²) in [4.78, 5) is 24.0. The Morgan fingerprint density at radius 2 is 2.18 bits per heavy atom. The highest BCUT2D eigenvalue weighted by Gasteiger charge is 2.29. The number of carbonyl (C=O) groups excluding carboxylic acids is 1. The molecule has 0 radical (unpaired) electrons. The van der Waals surface area contributed by atoms with Crippen LogP contribution in [0.2, 0.25) is 0 Å². The van der Waals surface area contributed by atoms with Gasteiger partial charge in [0.1, 0.15) is 0 Å². The van der Waals surface area contributed by atoms with Crippen LogP contribution in [0.5, 0.6) is 0 Å². The highest BCUT2D eigenvalue weighted by Crippen LogP contribution is 2.31. The molecule has 2 aliphatic rings. The molecule has 0 aromatic rings. The Morgan fingerprint density at radius 1 is 1.41 bits per heavy atom. The van der Waals surface area contributed by atoms with Crippen LogP contribution >= 0.6 is 0 Å². The van der Waals surface area contributed by atoms with Crippen LogP contribution in [0.4, 0.5) is 4.79 Å². The molecule has 6 heteroatoms. The molecule has 2 amide bonds. The Morgan fingerprint density at radius 3 is 2.82 bits per heavy atom. The van der Waals surface area contributed by atoms with Crippen LogP contribution in [-0.4, -0.2) is 54.4 Å². The number of amides is 2. The van der Waals surface area contributed by atoms with Crippen molar-refractivity contribution in [1.82, 2.24) is 10.2 Å². The normalized spacial score (nSPS) is 24.5. The molecule has 0 spiro atoms. The van der Waals surface area contributed by atoms with Crippen LogP contribution in [0.1, 0.15) is 19.3 Å². The van der Waals surface area contributed by atoms with E-state index in [-0.39, 0.29) is 19.2 Å². The Kier molecular flexibility index (Phi) is 3.83. The second-order valence-corrected chi connectivity index (χ2v) is 4.61. The van der Waals surface area contributed by atoms with Crippen LogP contribution in [0.25, 0.3) is 0 Å². The highest BCUT2D eigenvalue weighted by atomic mass is 16.5. The Balaban J connectivity index is 1.71. The standard InChI is InChI=1S/C11H18N2O4/c14-10(15)9-7-13(5-6-17-9)11(16)12-4-3-8-1-2-8/h8-9H,1-7H2,(H,12,16)(H,14,15). The molecule has 1 saturated heterocycles. The molecule has 2 N–H and O–H groups in total. The molecule has 1 unspecified atom stereocenters. The molecule has 0 aromatic carbocycles. The molecule has 6 nitrogen and oxygen atoms in total. The van der Waals surface area contributed by atoms with Gasteiger partial charge in [-0.3, -0.25) is 0 Å². The zero-order valence-electron chi connectivity index (χ0n) is 9.72. The molecule has 1 aliphatic carbocycles. The average molecular weight is 242 g/mol. The van der Waals surface area contributed by atoms with Crippen LogP contribution in [0, 0.1) is 5.92 Å². The van der Waals surface area contributed by atoms with E-state index >= 15 is 0 Å². The zero-order chi connectivity index (χ0) is 12.3. The van der Waals surface area contributed by atoms with Crippen molar-refractivity contribution in [3.63, 3.8) is 0 Å². The van der Waals surface area contributed by atoms with E-state index < -0.39 is 12.1 Å². The van der Waals surface area contributed by atoms with Gasteiger partial charge in [0.05, 0.1) is 13.2 Å². The highest BCUT2D eigenvalue weighted by molar-refractivity contribution is 5.77.